The zero-order valence-corrected chi connectivity index (χ0v) is 6.92. The highest BCUT2D eigenvalue weighted by atomic mass is 16.2. The summed E-state index contributed by atoms with van der Waals surface area (Å²) in [6, 6.07) is 0.265. The first-order valence-corrected chi connectivity index (χ1v) is 3.57. The molecule has 0 radical (unpaired) electrons. The van der Waals surface area contributed by atoms with Gasteiger partial charge in [0.2, 0.25) is 5.91 Å². The third-order valence-corrected chi connectivity index (χ3v) is 1.40. The van der Waals surface area contributed by atoms with Crippen LogP contribution in [0.3, 0.4) is 0 Å². The van der Waals surface area contributed by atoms with Crippen LogP contribution in [0.1, 0.15) is 20.8 Å². The summed E-state index contributed by atoms with van der Waals surface area (Å²) in [4.78, 5) is 12.6. The van der Waals surface area contributed by atoms with Crippen LogP contribution in [0.25, 0.3) is 0 Å². The van der Waals surface area contributed by atoms with E-state index in [0.717, 1.165) is 0 Å². The Bertz CT molecular complexity index is 112. The van der Waals surface area contributed by atoms with Gasteiger partial charge in [-0.15, -0.1) is 0 Å². The third-order valence-electron chi connectivity index (χ3n) is 1.40. The SMILES string of the molecule is CC(=O)N(CCN)C(C)C. The van der Waals surface area contributed by atoms with Crippen LogP contribution in [0.4, 0.5) is 0 Å². The molecule has 0 aromatic heterocycles. The van der Waals surface area contributed by atoms with Crippen LogP contribution in [-0.2, 0) is 4.79 Å². The molecule has 0 aromatic carbocycles. The second-order valence-corrected chi connectivity index (χ2v) is 2.59. The maximum Gasteiger partial charge on any atom is 0.219 e. The van der Waals surface area contributed by atoms with Gasteiger partial charge >= 0.3 is 0 Å². The Labute approximate surface area is 62.2 Å². The molecule has 2 N–H and O–H groups in total. The summed E-state index contributed by atoms with van der Waals surface area (Å²) in [5, 5.41) is 0. The van der Waals surface area contributed by atoms with E-state index >= 15 is 0 Å². The van der Waals surface area contributed by atoms with Gasteiger partial charge in [-0.25, -0.2) is 0 Å². The van der Waals surface area contributed by atoms with Crippen molar-refractivity contribution < 1.29 is 4.79 Å². The van der Waals surface area contributed by atoms with Gasteiger partial charge in [0.1, 0.15) is 0 Å². The lowest BCUT2D eigenvalue weighted by molar-refractivity contribution is -0.130. The second-order valence-electron chi connectivity index (χ2n) is 2.59. The molecule has 0 aliphatic carbocycles. The molecular weight excluding hydrogens is 128 g/mol. The van der Waals surface area contributed by atoms with Crippen molar-refractivity contribution in [2.45, 2.75) is 26.8 Å². The first-order valence-electron chi connectivity index (χ1n) is 3.57. The zero-order valence-electron chi connectivity index (χ0n) is 6.92. The van der Waals surface area contributed by atoms with E-state index in [1.54, 1.807) is 11.8 Å². The van der Waals surface area contributed by atoms with Crippen molar-refractivity contribution in [3.8, 4) is 0 Å². The first kappa shape index (κ1) is 9.43. The molecule has 0 bridgehead atoms. The normalized spacial score (nSPS) is 10.1. The van der Waals surface area contributed by atoms with E-state index < -0.39 is 0 Å². The van der Waals surface area contributed by atoms with Crippen molar-refractivity contribution >= 4 is 5.91 Å². The molecule has 0 unspecified atom stereocenters. The average molecular weight is 144 g/mol. The van der Waals surface area contributed by atoms with E-state index in [0.29, 0.717) is 13.1 Å². The fraction of sp³-hybridized carbons (Fsp3) is 0.857. The van der Waals surface area contributed by atoms with Crippen molar-refractivity contribution in [2.75, 3.05) is 13.1 Å². The van der Waals surface area contributed by atoms with Crippen LogP contribution in [0.5, 0.6) is 0 Å². The number of amides is 1. The van der Waals surface area contributed by atoms with Crippen LogP contribution < -0.4 is 5.73 Å². The van der Waals surface area contributed by atoms with Crippen molar-refractivity contribution in [3.63, 3.8) is 0 Å². The summed E-state index contributed by atoms with van der Waals surface area (Å²) in [6.07, 6.45) is 0. The van der Waals surface area contributed by atoms with Gasteiger partial charge < -0.3 is 10.6 Å². The number of hydrogen-bond acceptors (Lipinski definition) is 2. The molecule has 60 valence electrons. The molecule has 0 aromatic rings. The van der Waals surface area contributed by atoms with Crippen LogP contribution in [0.15, 0.2) is 0 Å². The summed E-state index contributed by atoms with van der Waals surface area (Å²) < 4.78 is 0. The summed E-state index contributed by atoms with van der Waals surface area (Å²) >= 11 is 0. The fourth-order valence-electron chi connectivity index (χ4n) is 0.918. The van der Waals surface area contributed by atoms with E-state index in [-0.39, 0.29) is 11.9 Å². The molecule has 0 atom stereocenters. The topological polar surface area (TPSA) is 46.3 Å². The highest BCUT2D eigenvalue weighted by Gasteiger charge is 2.09. The zero-order chi connectivity index (χ0) is 8.15. The lowest BCUT2D eigenvalue weighted by Crippen LogP contribution is -2.38. The minimum atomic E-state index is 0.0976. The van der Waals surface area contributed by atoms with Gasteiger partial charge in [-0.1, -0.05) is 0 Å². The van der Waals surface area contributed by atoms with E-state index in [9.17, 15) is 4.79 Å². The molecule has 0 fully saturated rings. The van der Waals surface area contributed by atoms with Gasteiger partial charge in [0.25, 0.3) is 0 Å². The second kappa shape index (κ2) is 4.28. The molecule has 0 heterocycles. The molecule has 1 amide bonds. The standard InChI is InChI=1S/C7H16N2O/c1-6(2)9(5-4-8)7(3)10/h6H,4-5,8H2,1-3H3. The van der Waals surface area contributed by atoms with Crippen molar-refractivity contribution in [1.82, 2.24) is 4.90 Å². The molecule has 3 heteroatoms. The number of rotatable bonds is 3. The molecule has 0 aliphatic rings. The molecular formula is C7H16N2O. The Morgan fingerprint density at radius 1 is 1.60 bits per heavy atom. The van der Waals surface area contributed by atoms with E-state index in [1.165, 1.54) is 0 Å². The van der Waals surface area contributed by atoms with Crippen LogP contribution in [0, 0.1) is 0 Å². The Morgan fingerprint density at radius 3 is 2.20 bits per heavy atom. The number of carbonyl (C=O) groups is 1. The number of nitrogens with zero attached hydrogens (tertiary/aromatic N) is 1. The smallest absolute Gasteiger partial charge is 0.219 e. The maximum atomic E-state index is 10.8. The highest BCUT2D eigenvalue weighted by Crippen LogP contribution is 1.96. The minimum Gasteiger partial charge on any atom is -0.339 e. The quantitative estimate of drug-likeness (QED) is 0.615. The molecule has 3 nitrogen and oxygen atoms in total. The van der Waals surface area contributed by atoms with E-state index in [4.69, 9.17) is 5.73 Å². The average Bonchev–Trinajstić information content (AvgIpc) is 1.81. The monoisotopic (exact) mass is 144 g/mol. The Kier molecular flexibility index (Phi) is 4.03. The molecule has 10 heavy (non-hydrogen) atoms. The van der Waals surface area contributed by atoms with Crippen molar-refractivity contribution in [1.29, 1.82) is 0 Å². The Morgan fingerprint density at radius 2 is 2.10 bits per heavy atom. The number of nitrogens with two attached hydrogens (primary N) is 1. The largest absolute Gasteiger partial charge is 0.339 e. The third kappa shape index (κ3) is 2.82. The van der Waals surface area contributed by atoms with Crippen LogP contribution in [0.2, 0.25) is 0 Å². The van der Waals surface area contributed by atoms with Gasteiger partial charge in [-0.2, -0.15) is 0 Å². The maximum absolute atomic E-state index is 10.8. The summed E-state index contributed by atoms with van der Waals surface area (Å²) in [6.45, 7) is 6.73. The molecule has 0 saturated carbocycles. The lowest BCUT2D eigenvalue weighted by Gasteiger charge is -2.24. The minimum absolute atomic E-state index is 0.0976. The van der Waals surface area contributed by atoms with Gasteiger partial charge in [0.05, 0.1) is 0 Å². The van der Waals surface area contributed by atoms with Gasteiger partial charge in [-0.3, -0.25) is 4.79 Å². The summed E-state index contributed by atoms with van der Waals surface area (Å²) in [5.41, 5.74) is 5.31. The first-order chi connectivity index (χ1) is 4.59. The van der Waals surface area contributed by atoms with Crippen molar-refractivity contribution in [2.24, 2.45) is 5.73 Å². The van der Waals surface area contributed by atoms with Gasteiger partial charge in [-0.05, 0) is 13.8 Å². The molecule has 0 aliphatic heterocycles. The lowest BCUT2D eigenvalue weighted by atomic mass is 10.3. The molecule has 0 rings (SSSR count). The van der Waals surface area contributed by atoms with Crippen molar-refractivity contribution in [3.05, 3.63) is 0 Å². The fourth-order valence-corrected chi connectivity index (χ4v) is 0.918. The van der Waals surface area contributed by atoms with E-state index in [2.05, 4.69) is 0 Å². The Balaban J connectivity index is 3.85. The Hall–Kier alpha value is -0.570. The predicted octanol–water partition coefficient (Wildman–Crippen LogP) is 0.202. The summed E-state index contributed by atoms with van der Waals surface area (Å²) in [7, 11) is 0. The van der Waals surface area contributed by atoms with E-state index in [1.807, 2.05) is 13.8 Å². The molecule has 0 spiro atoms. The van der Waals surface area contributed by atoms with Gasteiger partial charge in [0, 0.05) is 26.1 Å². The summed E-state index contributed by atoms with van der Waals surface area (Å²) in [5.74, 6) is 0.0976. The highest BCUT2D eigenvalue weighted by molar-refractivity contribution is 5.73. The van der Waals surface area contributed by atoms with Gasteiger partial charge in [0.15, 0.2) is 0 Å². The number of hydrogen-bond donors (Lipinski definition) is 1. The van der Waals surface area contributed by atoms with Crippen LogP contribution >= 0.6 is 0 Å². The van der Waals surface area contributed by atoms with Crippen LogP contribution in [-0.4, -0.2) is 29.9 Å². The number of carbonyl (C=O) groups excluding carboxylic acids is 1. The predicted molar refractivity (Wildman–Crippen MR) is 41.6 cm³/mol. The molecule has 0 saturated heterocycles.